The normalized spacial score (nSPS) is 13.0. The van der Waals surface area contributed by atoms with E-state index in [-0.39, 0.29) is 5.56 Å². The van der Waals surface area contributed by atoms with Gasteiger partial charge in [0.05, 0.1) is 27.2 Å². The molecule has 2 aromatic carbocycles. The molecule has 1 heterocycles. The molecule has 0 radical (unpaired) electrons. The SMILES string of the molecule is FC(F)(F)c1ccccc1C(Cn1ccnc1)Sc1ccc(Cl)c(Cl)c1. The third-order valence-electron chi connectivity index (χ3n) is 3.72. The molecule has 0 amide bonds. The number of halogens is 5. The van der Waals surface area contributed by atoms with Crippen molar-refractivity contribution in [3.8, 4) is 0 Å². The van der Waals surface area contributed by atoms with Gasteiger partial charge in [-0.3, -0.25) is 0 Å². The van der Waals surface area contributed by atoms with Crippen molar-refractivity contribution in [3.05, 3.63) is 82.4 Å². The first-order valence-corrected chi connectivity index (χ1v) is 9.21. The van der Waals surface area contributed by atoms with Crippen LogP contribution in [0.3, 0.4) is 0 Å². The predicted molar refractivity (Wildman–Crippen MR) is 98.7 cm³/mol. The summed E-state index contributed by atoms with van der Waals surface area (Å²) >= 11 is 13.3. The highest BCUT2D eigenvalue weighted by Gasteiger charge is 2.35. The summed E-state index contributed by atoms with van der Waals surface area (Å²) in [7, 11) is 0. The summed E-state index contributed by atoms with van der Waals surface area (Å²) in [6, 6.07) is 10.7. The number of aromatic nitrogens is 2. The van der Waals surface area contributed by atoms with Gasteiger partial charge in [-0.1, -0.05) is 41.4 Å². The zero-order chi connectivity index (χ0) is 18.7. The molecule has 0 saturated carbocycles. The molecule has 3 aromatic rings. The van der Waals surface area contributed by atoms with Crippen LogP contribution in [0.5, 0.6) is 0 Å². The van der Waals surface area contributed by atoms with E-state index in [2.05, 4.69) is 4.98 Å². The van der Waals surface area contributed by atoms with Crippen molar-refractivity contribution in [1.29, 1.82) is 0 Å². The molecule has 26 heavy (non-hydrogen) atoms. The average molecular weight is 417 g/mol. The van der Waals surface area contributed by atoms with Crippen LogP contribution in [-0.4, -0.2) is 9.55 Å². The summed E-state index contributed by atoms with van der Waals surface area (Å²) in [5.41, 5.74) is -0.428. The minimum Gasteiger partial charge on any atom is -0.336 e. The molecular weight excluding hydrogens is 404 g/mol. The molecule has 0 aliphatic carbocycles. The minimum atomic E-state index is -4.43. The maximum Gasteiger partial charge on any atom is 0.416 e. The fourth-order valence-electron chi connectivity index (χ4n) is 2.54. The fourth-order valence-corrected chi connectivity index (χ4v) is 4.14. The Kier molecular flexibility index (Phi) is 5.85. The maximum absolute atomic E-state index is 13.5. The van der Waals surface area contributed by atoms with Crippen LogP contribution in [0.4, 0.5) is 13.2 Å². The van der Waals surface area contributed by atoms with Crippen LogP contribution in [0.15, 0.2) is 66.1 Å². The van der Waals surface area contributed by atoms with Crippen molar-refractivity contribution in [3.63, 3.8) is 0 Å². The average Bonchev–Trinajstić information content (AvgIpc) is 3.10. The van der Waals surface area contributed by atoms with Crippen molar-refractivity contribution in [2.24, 2.45) is 0 Å². The topological polar surface area (TPSA) is 17.8 Å². The molecule has 2 nitrogen and oxygen atoms in total. The Morgan fingerprint density at radius 2 is 1.85 bits per heavy atom. The Hall–Kier alpha value is -1.63. The van der Waals surface area contributed by atoms with Crippen molar-refractivity contribution < 1.29 is 13.2 Å². The Morgan fingerprint density at radius 1 is 1.08 bits per heavy atom. The number of benzene rings is 2. The Labute approximate surface area is 163 Å². The Morgan fingerprint density at radius 3 is 2.50 bits per heavy atom. The highest BCUT2D eigenvalue weighted by atomic mass is 35.5. The number of hydrogen-bond acceptors (Lipinski definition) is 2. The second kappa shape index (κ2) is 7.94. The number of imidazole rings is 1. The molecule has 0 aliphatic heterocycles. The molecule has 1 atom stereocenters. The summed E-state index contributed by atoms with van der Waals surface area (Å²) in [6.07, 6.45) is 0.468. The van der Waals surface area contributed by atoms with Crippen LogP contribution in [0, 0.1) is 0 Å². The molecule has 0 N–H and O–H groups in total. The first kappa shape index (κ1) is 19.1. The molecule has 136 valence electrons. The van der Waals surface area contributed by atoms with E-state index in [1.807, 2.05) is 0 Å². The number of rotatable bonds is 5. The summed E-state index contributed by atoms with van der Waals surface area (Å²) in [5, 5.41) is 0.277. The molecule has 0 spiro atoms. The summed E-state index contributed by atoms with van der Waals surface area (Å²) in [4.78, 5) is 4.70. The number of hydrogen-bond donors (Lipinski definition) is 0. The summed E-state index contributed by atoms with van der Waals surface area (Å²) in [6.45, 7) is 0.331. The zero-order valence-electron chi connectivity index (χ0n) is 13.3. The van der Waals surface area contributed by atoms with Crippen molar-refractivity contribution in [2.45, 2.75) is 22.9 Å². The molecule has 0 saturated heterocycles. The quantitative estimate of drug-likeness (QED) is 0.428. The minimum absolute atomic E-state index is 0.213. The second-order valence-corrected chi connectivity index (χ2v) is 7.62. The first-order valence-electron chi connectivity index (χ1n) is 7.58. The highest BCUT2D eigenvalue weighted by Crippen LogP contribution is 2.43. The van der Waals surface area contributed by atoms with Gasteiger partial charge >= 0.3 is 6.18 Å². The lowest BCUT2D eigenvalue weighted by molar-refractivity contribution is -0.138. The smallest absolute Gasteiger partial charge is 0.336 e. The van der Waals surface area contributed by atoms with Crippen LogP contribution in [0.1, 0.15) is 16.4 Å². The van der Waals surface area contributed by atoms with Crippen molar-refractivity contribution >= 4 is 35.0 Å². The van der Waals surface area contributed by atoms with Gasteiger partial charge in [-0.05, 0) is 29.8 Å². The van der Waals surface area contributed by atoms with E-state index in [1.54, 1.807) is 47.6 Å². The van der Waals surface area contributed by atoms with Crippen LogP contribution in [0.25, 0.3) is 0 Å². The summed E-state index contributed by atoms with van der Waals surface area (Å²) in [5.74, 6) is 0. The van der Waals surface area contributed by atoms with E-state index in [1.165, 1.54) is 23.9 Å². The lowest BCUT2D eigenvalue weighted by atomic mass is 10.0. The molecular formula is C18H13Cl2F3N2S. The monoisotopic (exact) mass is 416 g/mol. The maximum atomic E-state index is 13.5. The van der Waals surface area contributed by atoms with Gasteiger partial charge in [-0.15, -0.1) is 11.8 Å². The first-order chi connectivity index (χ1) is 12.3. The van der Waals surface area contributed by atoms with Gasteiger partial charge in [0.25, 0.3) is 0 Å². The van der Waals surface area contributed by atoms with Crippen molar-refractivity contribution in [1.82, 2.24) is 9.55 Å². The third-order valence-corrected chi connectivity index (χ3v) is 5.67. The molecule has 3 rings (SSSR count). The number of thioether (sulfide) groups is 1. The van der Waals surface area contributed by atoms with Gasteiger partial charge < -0.3 is 4.57 Å². The largest absolute Gasteiger partial charge is 0.416 e. The molecule has 1 unspecified atom stereocenters. The lowest BCUT2D eigenvalue weighted by Crippen LogP contribution is -2.13. The van der Waals surface area contributed by atoms with Gasteiger partial charge in [0.2, 0.25) is 0 Å². The van der Waals surface area contributed by atoms with E-state index >= 15 is 0 Å². The van der Waals surface area contributed by atoms with Gasteiger partial charge in [-0.2, -0.15) is 13.2 Å². The van der Waals surface area contributed by atoms with E-state index < -0.39 is 17.0 Å². The van der Waals surface area contributed by atoms with Gasteiger partial charge in [0.1, 0.15) is 0 Å². The van der Waals surface area contributed by atoms with Gasteiger partial charge in [0.15, 0.2) is 0 Å². The highest BCUT2D eigenvalue weighted by molar-refractivity contribution is 7.99. The van der Waals surface area contributed by atoms with Crippen LogP contribution >= 0.6 is 35.0 Å². The molecule has 0 bridgehead atoms. The standard InChI is InChI=1S/C18H13Cl2F3N2S/c19-15-6-5-12(9-16(15)20)26-17(10-25-8-7-24-11-25)13-3-1-2-4-14(13)18(21,22)23/h1-9,11,17H,10H2. The van der Waals surface area contributed by atoms with Crippen molar-refractivity contribution in [2.75, 3.05) is 0 Å². The van der Waals surface area contributed by atoms with Gasteiger partial charge in [0, 0.05) is 23.8 Å². The predicted octanol–water partition coefficient (Wildman–Crippen LogP) is 6.74. The molecule has 0 aliphatic rings. The Bertz CT molecular complexity index is 882. The Balaban J connectivity index is 2.00. The second-order valence-electron chi connectivity index (χ2n) is 5.53. The van der Waals surface area contributed by atoms with Crippen LogP contribution in [-0.2, 0) is 12.7 Å². The van der Waals surface area contributed by atoms with E-state index in [0.29, 0.717) is 16.6 Å². The van der Waals surface area contributed by atoms with E-state index in [9.17, 15) is 13.2 Å². The lowest BCUT2D eigenvalue weighted by Gasteiger charge is -2.22. The van der Waals surface area contributed by atoms with E-state index in [4.69, 9.17) is 23.2 Å². The fraction of sp³-hybridized carbons (Fsp3) is 0.167. The zero-order valence-corrected chi connectivity index (χ0v) is 15.6. The molecule has 8 heteroatoms. The van der Waals surface area contributed by atoms with Gasteiger partial charge in [-0.25, -0.2) is 4.98 Å². The number of nitrogens with zero attached hydrogens (tertiary/aromatic N) is 2. The van der Waals surface area contributed by atoms with Crippen LogP contribution in [0.2, 0.25) is 10.0 Å². The summed E-state index contributed by atoms with van der Waals surface area (Å²) < 4.78 is 42.2. The van der Waals surface area contributed by atoms with Crippen LogP contribution < -0.4 is 0 Å². The number of alkyl halides is 3. The van der Waals surface area contributed by atoms with E-state index in [0.717, 1.165) is 11.0 Å². The molecule has 1 aromatic heterocycles. The molecule has 0 fully saturated rings. The third kappa shape index (κ3) is 4.55.